The molecule has 1 amide bonds. The Bertz CT molecular complexity index is 630. The maximum Gasteiger partial charge on any atom is 0.226 e. The number of hydrogen-bond donors (Lipinski definition) is 2. The Morgan fingerprint density at radius 1 is 1.40 bits per heavy atom. The molecule has 1 aromatic rings. The Hall–Kier alpha value is -1.39. The molecular formula is C16H17NO3. The quantitative estimate of drug-likeness (QED) is 0.798. The van der Waals surface area contributed by atoms with E-state index >= 15 is 0 Å². The van der Waals surface area contributed by atoms with Crippen molar-refractivity contribution in [3.05, 3.63) is 35.4 Å². The van der Waals surface area contributed by atoms with Gasteiger partial charge in [0.25, 0.3) is 0 Å². The van der Waals surface area contributed by atoms with Crippen LogP contribution in [0, 0.1) is 30.6 Å². The van der Waals surface area contributed by atoms with Crippen molar-refractivity contribution < 1.29 is 14.6 Å². The van der Waals surface area contributed by atoms with Gasteiger partial charge in [-0.1, -0.05) is 29.8 Å². The molecular weight excluding hydrogens is 254 g/mol. The Balaban J connectivity index is 1.71. The van der Waals surface area contributed by atoms with E-state index in [1.807, 2.05) is 25.1 Å². The summed E-state index contributed by atoms with van der Waals surface area (Å²) in [6, 6.07) is 8.17. The summed E-state index contributed by atoms with van der Waals surface area (Å²) in [5, 5.41) is 13.5. The molecule has 2 bridgehead atoms. The average molecular weight is 271 g/mol. The predicted octanol–water partition coefficient (Wildman–Crippen LogP) is 0.919. The molecule has 0 spiro atoms. The molecule has 20 heavy (non-hydrogen) atoms. The monoisotopic (exact) mass is 271 g/mol. The predicted molar refractivity (Wildman–Crippen MR) is 70.5 cm³/mol. The molecule has 2 N–H and O–H groups in total. The number of aliphatic hydroxyl groups is 1. The normalized spacial score (nSPS) is 50.8. The Morgan fingerprint density at radius 3 is 3.05 bits per heavy atom. The van der Waals surface area contributed by atoms with Gasteiger partial charge in [0.15, 0.2) is 5.72 Å². The van der Waals surface area contributed by atoms with Crippen LogP contribution < -0.4 is 5.32 Å². The summed E-state index contributed by atoms with van der Waals surface area (Å²) >= 11 is 0. The number of nitrogens with one attached hydrogen (secondary N) is 1. The van der Waals surface area contributed by atoms with Gasteiger partial charge >= 0.3 is 0 Å². The van der Waals surface area contributed by atoms with E-state index in [1.165, 1.54) is 0 Å². The van der Waals surface area contributed by atoms with Crippen LogP contribution in [0.4, 0.5) is 0 Å². The third-order valence-corrected chi connectivity index (χ3v) is 5.90. The standard InChI is InChI=1S/C16H17NO3/c1-7-3-2-4-8(5-7)16-12-10-6-9(11(12)15(19)17-16)13(18)14(10)20-16/h2-5,9-14,18H,6H2,1H3,(H,17,19)/t9-,10-,11-,12+,13+,14+,16+/m1/s1. The fourth-order valence-corrected chi connectivity index (χ4v) is 5.28. The molecule has 1 aromatic carbocycles. The van der Waals surface area contributed by atoms with Crippen molar-refractivity contribution in [2.24, 2.45) is 23.7 Å². The smallest absolute Gasteiger partial charge is 0.226 e. The second-order valence-electron chi connectivity index (χ2n) is 6.78. The van der Waals surface area contributed by atoms with Gasteiger partial charge in [-0.15, -0.1) is 0 Å². The first-order valence-electron chi connectivity index (χ1n) is 7.37. The molecule has 4 nitrogen and oxygen atoms in total. The van der Waals surface area contributed by atoms with Crippen LogP contribution in [-0.4, -0.2) is 23.2 Å². The summed E-state index contributed by atoms with van der Waals surface area (Å²) in [6.07, 6.45) is 0.351. The number of carbonyl (C=O) groups excluding carboxylic acids is 1. The topological polar surface area (TPSA) is 58.6 Å². The number of amides is 1. The van der Waals surface area contributed by atoms with E-state index in [9.17, 15) is 9.90 Å². The zero-order valence-electron chi connectivity index (χ0n) is 11.2. The minimum atomic E-state index is -0.699. The van der Waals surface area contributed by atoms with E-state index in [0.717, 1.165) is 17.5 Å². The molecule has 0 unspecified atom stereocenters. The van der Waals surface area contributed by atoms with Gasteiger partial charge < -0.3 is 15.2 Å². The van der Waals surface area contributed by atoms with Crippen LogP contribution in [0.2, 0.25) is 0 Å². The van der Waals surface area contributed by atoms with E-state index in [1.54, 1.807) is 0 Å². The van der Waals surface area contributed by atoms with Gasteiger partial charge in [0.05, 0.1) is 18.1 Å². The largest absolute Gasteiger partial charge is 0.390 e. The van der Waals surface area contributed by atoms with E-state index in [2.05, 4.69) is 11.4 Å². The van der Waals surface area contributed by atoms with Gasteiger partial charge in [-0.3, -0.25) is 4.79 Å². The van der Waals surface area contributed by atoms with Crippen molar-refractivity contribution >= 4 is 5.91 Å². The molecule has 7 atom stereocenters. The van der Waals surface area contributed by atoms with Crippen molar-refractivity contribution in [1.82, 2.24) is 5.32 Å². The van der Waals surface area contributed by atoms with Gasteiger partial charge in [0, 0.05) is 11.5 Å². The van der Waals surface area contributed by atoms with Crippen LogP contribution in [0.15, 0.2) is 24.3 Å². The minimum absolute atomic E-state index is 0.0567. The molecule has 5 rings (SSSR count). The maximum absolute atomic E-state index is 12.4. The summed E-state index contributed by atoms with van der Waals surface area (Å²) in [6.45, 7) is 2.05. The first kappa shape index (κ1) is 11.3. The zero-order chi connectivity index (χ0) is 13.6. The lowest BCUT2D eigenvalue weighted by Gasteiger charge is -2.30. The number of rotatable bonds is 1. The molecule has 0 radical (unpaired) electrons. The third-order valence-electron chi connectivity index (χ3n) is 5.90. The molecule has 0 aromatic heterocycles. The van der Waals surface area contributed by atoms with Gasteiger partial charge in [-0.25, -0.2) is 0 Å². The van der Waals surface area contributed by atoms with Crippen LogP contribution >= 0.6 is 0 Å². The average Bonchev–Trinajstić information content (AvgIpc) is 3.07. The Kier molecular flexibility index (Phi) is 1.84. The van der Waals surface area contributed by atoms with E-state index < -0.39 is 11.8 Å². The first-order chi connectivity index (χ1) is 9.62. The van der Waals surface area contributed by atoms with E-state index in [4.69, 9.17) is 4.74 Å². The van der Waals surface area contributed by atoms with Crippen molar-refractivity contribution in [3.8, 4) is 0 Å². The molecule has 104 valence electrons. The molecule has 4 heteroatoms. The third kappa shape index (κ3) is 1.03. The SMILES string of the molecule is Cc1cccc([C@]23NC(=O)[C@@H]4[C@H]5C[C@@H]([C@H](O2)[C@H]5O)[C@@H]43)c1. The second kappa shape index (κ2) is 3.26. The summed E-state index contributed by atoms with van der Waals surface area (Å²) < 4.78 is 6.26. The lowest BCUT2D eigenvalue weighted by atomic mass is 9.75. The Labute approximate surface area is 117 Å². The lowest BCUT2D eigenvalue weighted by Crippen LogP contribution is -2.45. The fourth-order valence-electron chi connectivity index (χ4n) is 5.28. The van der Waals surface area contributed by atoms with Crippen LogP contribution in [0.3, 0.4) is 0 Å². The number of aryl methyl sites for hydroxylation is 1. The highest BCUT2D eigenvalue weighted by Crippen LogP contribution is 2.67. The summed E-state index contributed by atoms with van der Waals surface area (Å²) in [5.41, 5.74) is 1.49. The number of hydrogen-bond acceptors (Lipinski definition) is 3. The lowest BCUT2D eigenvalue weighted by molar-refractivity contribution is -0.141. The zero-order valence-corrected chi connectivity index (χ0v) is 11.2. The molecule has 2 aliphatic carbocycles. The van der Waals surface area contributed by atoms with Gasteiger partial charge in [0.1, 0.15) is 0 Å². The molecule has 2 heterocycles. The summed E-state index contributed by atoms with van der Waals surface area (Å²) in [5.74, 6) is 0.578. The van der Waals surface area contributed by atoms with Crippen molar-refractivity contribution in [1.29, 1.82) is 0 Å². The van der Waals surface area contributed by atoms with Crippen LogP contribution in [0.1, 0.15) is 17.5 Å². The molecule has 4 fully saturated rings. The number of benzene rings is 1. The number of ether oxygens (including phenoxy) is 1. The van der Waals surface area contributed by atoms with Gasteiger partial charge in [-0.05, 0) is 25.2 Å². The number of carbonyl (C=O) groups is 1. The van der Waals surface area contributed by atoms with Crippen molar-refractivity contribution in [2.45, 2.75) is 31.3 Å². The second-order valence-corrected chi connectivity index (χ2v) is 6.78. The fraction of sp³-hybridized carbons (Fsp3) is 0.562. The molecule has 4 aliphatic rings. The van der Waals surface area contributed by atoms with Crippen molar-refractivity contribution in [3.63, 3.8) is 0 Å². The number of aliphatic hydroxyl groups excluding tert-OH is 1. The Morgan fingerprint density at radius 2 is 2.25 bits per heavy atom. The molecule has 2 aliphatic heterocycles. The molecule has 2 saturated carbocycles. The molecule has 2 saturated heterocycles. The van der Waals surface area contributed by atoms with Crippen molar-refractivity contribution in [2.75, 3.05) is 0 Å². The highest BCUT2D eigenvalue weighted by molar-refractivity contribution is 5.84. The number of fused-ring (bicyclic) bond motifs is 2. The summed E-state index contributed by atoms with van der Waals surface area (Å²) in [7, 11) is 0. The minimum Gasteiger partial charge on any atom is -0.390 e. The van der Waals surface area contributed by atoms with Gasteiger partial charge in [-0.2, -0.15) is 0 Å². The van der Waals surface area contributed by atoms with Crippen LogP contribution in [-0.2, 0) is 15.3 Å². The highest BCUT2D eigenvalue weighted by atomic mass is 16.5. The summed E-state index contributed by atoms with van der Waals surface area (Å²) in [4.78, 5) is 12.4. The highest BCUT2D eigenvalue weighted by Gasteiger charge is 2.76. The first-order valence-corrected chi connectivity index (χ1v) is 7.37. The maximum atomic E-state index is 12.4. The van der Waals surface area contributed by atoms with Gasteiger partial charge in [0.2, 0.25) is 5.91 Å². The van der Waals surface area contributed by atoms with E-state index in [0.29, 0.717) is 5.92 Å². The van der Waals surface area contributed by atoms with E-state index in [-0.39, 0.29) is 29.8 Å². The van der Waals surface area contributed by atoms with Crippen LogP contribution in [0.25, 0.3) is 0 Å². The van der Waals surface area contributed by atoms with Crippen LogP contribution in [0.5, 0.6) is 0 Å².